The predicted molar refractivity (Wildman–Crippen MR) is 112 cm³/mol. The Morgan fingerprint density at radius 1 is 1.34 bits per heavy atom. The van der Waals surface area contributed by atoms with Crippen LogP contribution in [0.5, 0.6) is 0 Å². The predicted octanol–water partition coefficient (Wildman–Crippen LogP) is 1.81. The lowest BCUT2D eigenvalue weighted by molar-refractivity contribution is -0.0606. The second-order valence-electron chi connectivity index (χ2n) is 6.71. The third-order valence-electron chi connectivity index (χ3n) is 4.84. The highest BCUT2D eigenvalue weighted by atomic mass is 16.5. The van der Waals surface area contributed by atoms with Gasteiger partial charge in [0.05, 0.1) is 23.7 Å². The lowest BCUT2D eigenvalue weighted by atomic mass is 10.1. The first-order chi connectivity index (χ1) is 14.1. The summed E-state index contributed by atoms with van der Waals surface area (Å²) >= 11 is 0. The van der Waals surface area contributed by atoms with Crippen LogP contribution in [0.25, 0.3) is 11.0 Å². The van der Waals surface area contributed by atoms with Gasteiger partial charge in [-0.1, -0.05) is 0 Å². The van der Waals surface area contributed by atoms with E-state index in [2.05, 4.69) is 28.7 Å². The van der Waals surface area contributed by atoms with Crippen molar-refractivity contribution in [1.29, 1.82) is 0 Å². The van der Waals surface area contributed by atoms with Gasteiger partial charge in [-0.15, -0.1) is 25.2 Å². The van der Waals surface area contributed by atoms with E-state index >= 15 is 0 Å². The van der Waals surface area contributed by atoms with E-state index in [1.165, 1.54) is 6.33 Å². The summed E-state index contributed by atoms with van der Waals surface area (Å²) in [5, 5.41) is 9.97. The summed E-state index contributed by atoms with van der Waals surface area (Å²) in [4.78, 5) is 23.3. The molecule has 3 rings (SSSR count). The lowest BCUT2D eigenvalue weighted by Crippen LogP contribution is -2.35. The molecule has 1 aliphatic rings. The Hall–Kier alpha value is -3.07. The molecule has 0 aromatic carbocycles. The maximum absolute atomic E-state index is 13.1. The lowest BCUT2D eigenvalue weighted by Gasteiger charge is -2.26. The Kier molecular flexibility index (Phi) is 8.02. The van der Waals surface area contributed by atoms with Crippen molar-refractivity contribution in [2.24, 2.45) is 0 Å². The molecule has 154 valence electrons. The van der Waals surface area contributed by atoms with Crippen molar-refractivity contribution in [2.45, 2.75) is 44.9 Å². The first kappa shape index (κ1) is 22.2. The largest absolute Gasteiger partial charge is 0.394 e. The number of nitrogens with two attached hydrogens (primary N) is 1. The minimum Gasteiger partial charge on any atom is -0.394 e. The number of nitrogens with zero attached hydrogens (tertiary/aromatic N) is 4. The van der Waals surface area contributed by atoms with E-state index in [-0.39, 0.29) is 24.8 Å². The molecule has 2 atom stereocenters. The second kappa shape index (κ2) is 10.5. The fourth-order valence-electron chi connectivity index (χ4n) is 3.45. The molecule has 1 fully saturated rings. The zero-order valence-electron chi connectivity index (χ0n) is 16.6. The number of fused-ring (bicyclic) bond motifs is 1. The highest BCUT2D eigenvalue weighted by molar-refractivity contribution is 6.09. The number of nitrogen functional groups attached to an aromatic ring is 1. The molecule has 0 saturated carbocycles. The van der Waals surface area contributed by atoms with Crippen molar-refractivity contribution in [3.8, 4) is 25.2 Å². The van der Waals surface area contributed by atoms with Gasteiger partial charge in [0.25, 0.3) is 5.91 Å². The number of aliphatic hydroxyl groups is 1. The van der Waals surface area contributed by atoms with Gasteiger partial charge in [0.2, 0.25) is 0 Å². The van der Waals surface area contributed by atoms with Gasteiger partial charge in [0.15, 0.2) is 0 Å². The van der Waals surface area contributed by atoms with Gasteiger partial charge in [-0.05, 0) is 26.2 Å². The van der Waals surface area contributed by atoms with E-state index in [0.717, 1.165) is 32.4 Å². The highest BCUT2D eigenvalue weighted by Crippen LogP contribution is 2.29. The second-order valence-corrected chi connectivity index (χ2v) is 6.71. The number of anilines is 1. The van der Waals surface area contributed by atoms with Gasteiger partial charge >= 0.3 is 0 Å². The third kappa shape index (κ3) is 4.86. The minimum absolute atomic E-state index is 0.0746. The zero-order valence-corrected chi connectivity index (χ0v) is 16.6. The van der Waals surface area contributed by atoms with Gasteiger partial charge in [0, 0.05) is 25.7 Å². The van der Waals surface area contributed by atoms with Crippen molar-refractivity contribution in [3.63, 3.8) is 0 Å². The Bertz CT molecular complexity index is 893. The summed E-state index contributed by atoms with van der Waals surface area (Å²) in [6.45, 7) is 3.09. The molecule has 1 amide bonds. The molecule has 0 aliphatic carbocycles. The van der Waals surface area contributed by atoms with E-state index in [1.54, 1.807) is 10.8 Å². The standard InChI is InChI=1S/C19H25N5O3.C2H2/c1-3-7-14(11-25)27-13(2)24-10-15(16-17(20)21-12-22-18(16)24)19(26)23-8-5-4-6-9-23;1-2/h1,10,12-14,25H,4-9,11H2,2H3,(H2,20,21,22);1-2H/t13-,14+;/m1./s1. The normalized spacial score (nSPS) is 15.8. The molecule has 8 heteroatoms. The molecule has 3 heterocycles. The number of amides is 1. The maximum atomic E-state index is 13.1. The van der Waals surface area contributed by atoms with Crippen molar-refractivity contribution >= 4 is 22.8 Å². The number of hydrogen-bond acceptors (Lipinski definition) is 6. The molecule has 0 radical (unpaired) electrons. The molecule has 8 nitrogen and oxygen atoms in total. The third-order valence-corrected chi connectivity index (χ3v) is 4.84. The van der Waals surface area contributed by atoms with Crippen LogP contribution in [0, 0.1) is 25.2 Å². The number of terminal acetylenes is 2. The number of aromatic nitrogens is 3. The Balaban J connectivity index is 0.00000145. The van der Waals surface area contributed by atoms with Gasteiger partial charge in [0.1, 0.15) is 24.0 Å². The van der Waals surface area contributed by atoms with E-state index in [9.17, 15) is 9.90 Å². The van der Waals surface area contributed by atoms with Crippen LogP contribution in [0.4, 0.5) is 5.82 Å². The number of carbonyl (C=O) groups is 1. The summed E-state index contributed by atoms with van der Waals surface area (Å²) in [5.74, 6) is 2.67. The molecule has 29 heavy (non-hydrogen) atoms. The molecule has 0 bridgehead atoms. The fourth-order valence-corrected chi connectivity index (χ4v) is 3.45. The Morgan fingerprint density at radius 3 is 2.66 bits per heavy atom. The van der Waals surface area contributed by atoms with E-state index in [0.29, 0.717) is 16.6 Å². The summed E-state index contributed by atoms with van der Waals surface area (Å²) in [6.07, 6.45) is 18.8. The fraction of sp³-hybridized carbons (Fsp3) is 0.476. The number of hydrogen-bond donors (Lipinski definition) is 2. The number of rotatable bonds is 6. The molecule has 3 N–H and O–H groups in total. The molecular formula is C21H27N5O3. The average molecular weight is 397 g/mol. The van der Waals surface area contributed by atoms with Crippen LogP contribution in [0.2, 0.25) is 0 Å². The Morgan fingerprint density at radius 2 is 2.03 bits per heavy atom. The molecule has 1 saturated heterocycles. The topological polar surface area (TPSA) is 106 Å². The summed E-state index contributed by atoms with van der Waals surface area (Å²) in [6, 6.07) is 0. The SMILES string of the molecule is C#C.C#CC[C@@H](CO)O[C@H](C)n1cc(C(=O)N2CCCCC2)c2c(N)ncnc21. The minimum atomic E-state index is -0.497. The van der Waals surface area contributed by atoms with Crippen LogP contribution < -0.4 is 5.73 Å². The smallest absolute Gasteiger partial charge is 0.256 e. The molecule has 0 spiro atoms. The molecule has 0 unspecified atom stereocenters. The van der Waals surface area contributed by atoms with Crippen LogP contribution in [0.15, 0.2) is 12.5 Å². The van der Waals surface area contributed by atoms with Gasteiger partial charge < -0.3 is 25.0 Å². The van der Waals surface area contributed by atoms with Crippen molar-refractivity contribution in [2.75, 3.05) is 25.4 Å². The number of piperidine rings is 1. The van der Waals surface area contributed by atoms with Gasteiger partial charge in [-0.3, -0.25) is 4.79 Å². The van der Waals surface area contributed by atoms with E-state index in [1.807, 2.05) is 11.8 Å². The maximum Gasteiger partial charge on any atom is 0.256 e. The summed E-state index contributed by atoms with van der Waals surface area (Å²) < 4.78 is 7.60. The van der Waals surface area contributed by atoms with Crippen molar-refractivity contribution < 1.29 is 14.6 Å². The Labute approximate surface area is 171 Å². The average Bonchev–Trinajstić information content (AvgIpc) is 3.16. The molecule has 2 aromatic rings. The van der Waals surface area contributed by atoms with Crippen molar-refractivity contribution in [1.82, 2.24) is 19.4 Å². The van der Waals surface area contributed by atoms with Crippen LogP contribution in [0.1, 0.15) is 49.2 Å². The van der Waals surface area contributed by atoms with Gasteiger partial charge in [-0.2, -0.15) is 0 Å². The first-order valence-electron chi connectivity index (χ1n) is 9.50. The summed E-state index contributed by atoms with van der Waals surface area (Å²) in [5.41, 5.74) is 7.06. The van der Waals surface area contributed by atoms with Crippen LogP contribution >= 0.6 is 0 Å². The first-order valence-corrected chi connectivity index (χ1v) is 9.50. The zero-order chi connectivity index (χ0) is 21.4. The molecular weight excluding hydrogens is 370 g/mol. The number of aliphatic hydroxyl groups excluding tert-OH is 1. The van der Waals surface area contributed by atoms with Crippen molar-refractivity contribution in [3.05, 3.63) is 18.1 Å². The van der Waals surface area contributed by atoms with Crippen LogP contribution in [0.3, 0.4) is 0 Å². The number of carbonyl (C=O) groups excluding carboxylic acids is 1. The van der Waals surface area contributed by atoms with Crippen LogP contribution in [-0.4, -0.2) is 56.2 Å². The van der Waals surface area contributed by atoms with E-state index < -0.39 is 12.3 Å². The summed E-state index contributed by atoms with van der Waals surface area (Å²) in [7, 11) is 0. The van der Waals surface area contributed by atoms with E-state index in [4.69, 9.17) is 16.9 Å². The number of likely N-dealkylation sites (tertiary alicyclic amines) is 1. The monoisotopic (exact) mass is 397 g/mol. The molecule has 2 aromatic heterocycles. The van der Waals surface area contributed by atoms with Gasteiger partial charge in [-0.25, -0.2) is 9.97 Å². The highest BCUT2D eigenvalue weighted by Gasteiger charge is 2.26. The molecule has 1 aliphatic heterocycles. The quantitative estimate of drug-likeness (QED) is 0.720. The van der Waals surface area contributed by atoms with Crippen LogP contribution in [-0.2, 0) is 4.74 Å². The number of ether oxygens (including phenoxy) is 1.